The highest BCUT2D eigenvalue weighted by Crippen LogP contribution is 2.18. The Morgan fingerprint density at radius 3 is 2.12 bits per heavy atom. The van der Waals surface area contributed by atoms with Gasteiger partial charge >= 0.3 is 11.9 Å². The van der Waals surface area contributed by atoms with Crippen molar-refractivity contribution in [2.45, 2.75) is 27.7 Å². The summed E-state index contributed by atoms with van der Waals surface area (Å²) in [5, 5.41) is 2.64. The number of ether oxygens (including phenoxy) is 2. The van der Waals surface area contributed by atoms with Gasteiger partial charge in [0.2, 0.25) is 0 Å². The van der Waals surface area contributed by atoms with Crippen LogP contribution in [0, 0.1) is 19.8 Å². The van der Waals surface area contributed by atoms with Crippen LogP contribution in [0.1, 0.15) is 46.0 Å². The van der Waals surface area contributed by atoms with Gasteiger partial charge in [0.1, 0.15) is 0 Å². The maximum Gasteiger partial charge on any atom is 0.338 e. The normalized spacial score (nSPS) is 10.7. The van der Waals surface area contributed by atoms with Gasteiger partial charge in [-0.3, -0.25) is 4.79 Å². The van der Waals surface area contributed by atoms with Crippen molar-refractivity contribution in [3.05, 3.63) is 83.2 Å². The van der Waals surface area contributed by atoms with Crippen LogP contribution in [-0.4, -0.2) is 35.6 Å². The Kier molecular flexibility index (Phi) is 7.66. The third-order valence-electron chi connectivity index (χ3n) is 4.90. The van der Waals surface area contributed by atoms with Crippen LogP contribution in [0.4, 0.5) is 5.69 Å². The molecule has 1 N–H and O–H groups in total. The zero-order chi connectivity index (χ0) is 24.0. The molecule has 0 unspecified atom stereocenters. The highest BCUT2D eigenvalue weighted by atomic mass is 16.5. The molecule has 7 heteroatoms. The van der Waals surface area contributed by atoms with Crippen molar-refractivity contribution in [3.63, 3.8) is 0 Å². The van der Waals surface area contributed by atoms with Gasteiger partial charge in [-0.25, -0.2) is 9.59 Å². The van der Waals surface area contributed by atoms with Gasteiger partial charge in [-0.2, -0.15) is 0 Å². The molecule has 7 nitrogen and oxygen atoms in total. The number of rotatable bonds is 8. The molecular formula is C26H28N2O5. The lowest BCUT2D eigenvalue weighted by molar-refractivity contribution is -0.119. The minimum Gasteiger partial charge on any atom is -0.462 e. The SMILES string of the molecule is Cc1ccc(C)n1-c1cccc(C(=O)OCC(=O)Nc2ccc(C(=O)OCC(C)C)cc2)c1. The molecule has 3 rings (SSSR count). The molecule has 0 aliphatic carbocycles. The van der Waals surface area contributed by atoms with Crippen molar-refractivity contribution >= 4 is 23.5 Å². The first-order valence-corrected chi connectivity index (χ1v) is 10.7. The molecule has 0 bridgehead atoms. The predicted molar refractivity (Wildman–Crippen MR) is 126 cm³/mol. The number of carbonyl (C=O) groups is 3. The fraction of sp³-hybridized carbons (Fsp3) is 0.269. The number of amides is 1. The average Bonchev–Trinajstić information content (AvgIpc) is 3.14. The van der Waals surface area contributed by atoms with Crippen LogP contribution in [0.5, 0.6) is 0 Å². The van der Waals surface area contributed by atoms with Crippen LogP contribution < -0.4 is 5.32 Å². The van der Waals surface area contributed by atoms with E-state index in [0.29, 0.717) is 23.4 Å². The summed E-state index contributed by atoms with van der Waals surface area (Å²) in [6.45, 7) is 7.81. The van der Waals surface area contributed by atoms with Crippen molar-refractivity contribution in [3.8, 4) is 5.69 Å². The molecule has 0 radical (unpaired) electrons. The first-order chi connectivity index (χ1) is 15.7. The van der Waals surface area contributed by atoms with Gasteiger partial charge < -0.3 is 19.4 Å². The number of aromatic nitrogens is 1. The lowest BCUT2D eigenvalue weighted by Gasteiger charge is -2.11. The third-order valence-corrected chi connectivity index (χ3v) is 4.90. The number of anilines is 1. The van der Waals surface area contributed by atoms with E-state index in [2.05, 4.69) is 5.32 Å². The first-order valence-electron chi connectivity index (χ1n) is 10.7. The number of hydrogen-bond donors (Lipinski definition) is 1. The van der Waals surface area contributed by atoms with Gasteiger partial charge in [0, 0.05) is 22.8 Å². The summed E-state index contributed by atoms with van der Waals surface area (Å²) < 4.78 is 12.4. The zero-order valence-corrected chi connectivity index (χ0v) is 19.3. The molecule has 1 amide bonds. The van der Waals surface area contributed by atoms with Crippen LogP contribution in [0.3, 0.4) is 0 Å². The van der Waals surface area contributed by atoms with Gasteiger partial charge in [0.15, 0.2) is 6.61 Å². The molecule has 0 atom stereocenters. The van der Waals surface area contributed by atoms with Crippen molar-refractivity contribution in [1.82, 2.24) is 4.57 Å². The Hall–Kier alpha value is -3.87. The van der Waals surface area contributed by atoms with E-state index in [0.717, 1.165) is 17.1 Å². The van der Waals surface area contributed by atoms with Gasteiger partial charge in [-0.15, -0.1) is 0 Å². The monoisotopic (exact) mass is 448 g/mol. The van der Waals surface area contributed by atoms with Crippen molar-refractivity contribution in [2.24, 2.45) is 5.92 Å². The second-order valence-corrected chi connectivity index (χ2v) is 8.20. The third kappa shape index (κ3) is 6.32. The van der Waals surface area contributed by atoms with Crippen molar-refractivity contribution < 1.29 is 23.9 Å². The molecule has 33 heavy (non-hydrogen) atoms. The minimum atomic E-state index is -0.585. The molecule has 0 fully saturated rings. The molecule has 0 spiro atoms. The van der Waals surface area contributed by atoms with Crippen LogP contribution in [-0.2, 0) is 14.3 Å². The summed E-state index contributed by atoms with van der Waals surface area (Å²) in [6.07, 6.45) is 0. The number of carbonyl (C=O) groups excluding carboxylic acids is 3. The summed E-state index contributed by atoms with van der Waals surface area (Å²) in [7, 11) is 0. The van der Waals surface area contributed by atoms with Gasteiger partial charge in [-0.05, 0) is 74.4 Å². The van der Waals surface area contributed by atoms with Crippen LogP contribution >= 0.6 is 0 Å². The number of aryl methyl sites for hydroxylation is 2. The number of esters is 2. The fourth-order valence-corrected chi connectivity index (χ4v) is 3.27. The van der Waals surface area contributed by atoms with Gasteiger partial charge in [0.05, 0.1) is 17.7 Å². The first kappa shape index (κ1) is 23.8. The molecule has 172 valence electrons. The number of hydrogen-bond acceptors (Lipinski definition) is 5. The van der Waals surface area contributed by atoms with Gasteiger partial charge in [0.25, 0.3) is 5.91 Å². The maximum atomic E-state index is 12.5. The molecule has 1 heterocycles. The summed E-state index contributed by atoms with van der Waals surface area (Å²) in [5.74, 6) is -1.23. The summed E-state index contributed by atoms with van der Waals surface area (Å²) in [4.78, 5) is 36.6. The Labute approximate surface area is 193 Å². The van der Waals surface area contributed by atoms with E-state index in [1.165, 1.54) is 0 Å². The topological polar surface area (TPSA) is 86.6 Å². The lowest BCUT2D eigenvalue weighted by atomic mass is 10.2. The predicted octanol–water partition coefficient (Wildman–Crippen LogP) is 4.70. The van der Waals surface area contributed by atoms with E-state index in [1.807, 2.05) is 50.5 Å². The number of nitrogens with zero attached hydrogens (tertiary/aromatic N) is 1. The number of benzene rings is 2. The molecule has 0 saturated carbocycles. The van der Waals surface area contributed by atoms with Gasteiger partial charge in [-0.1, -0.05) is 19.9 Å². The van der Waals surface area contributed by atoms with E-state index in [9.17, 15) is 14.4 Å². The lowest BCUT2D eigenvalue weighted by Crippen LogP contribution is -2.21. The molecule has 0 aliphatic heterocycles. The van der Waals surface area contributed by atoms with Crippen LogP contribution in [0.25, 0.3) is 5.69 Å². The van der Waals surface area contributed by atoms with E-state index in [-0.39, 0.29) is 5.92 Å². The Morgan fingerprint density at radius 2 is 1.48 bits per heavy atom. The molecule has 3 aromatic rings. The second kappa shape index (κ2) is 10.6. The molecule has 0 aliphatic rings. The van der Waals surface area contributed by atoms with E-state index in [1.54, 1.807) is 42.5 Å². The minimum absolute atomic E-state index is 0.250. The molecule has 0 saturated heterocycles. The van der Waals surface area contributed by atoms with Crippen molar-refractivity contribution in [1.29, 1.82) is 0 Å². The van der Waals surface area contributed by atoms with Crippen LogP contribution in [0.15, 0.2) is 60.7 Å². The van der Waals surface area contributed by atoms with E-state index < -0.39 is 24.5 Å². The summed E-state index contributed by atoms with van der Waals surface area (Å²) >= 11 is 0. The molecule has 1 aromatic heterocycles. The summed E-state index contributed by atoms with van der Waals surface area (Å²) in [6, 6.07) is 17.4. The molecule has 2 aromatic carbocycles. The Bertz CT molecular complexity index is 1130. The highest BCUT2D eigenvalue weighted by Gasteiger charge is 2.13. The average molecular weight is 449 g/mol. The number of nitrogens with one attached hydrogen (secondary N) is 1. The highest BCUT2D eigenvalue weighted by molar-refractivity contribution is 5.96. The quantitative estimate of drug-likeness (QED) is 0.505. The molecular weight excluding hydrogens is 420 g/mol. The Balaban J connectivity index is 1.54. The zero-order valence-electron chi connectivity index (χ0n) is 19.3. The smallest absolute Gasteiger partial charge is 0.338 e. The fourth-order valence-electron chi connectivity index (χ4n) is 3.27. The standard InChI is InChI=1S/C26H28N2O5/c1-17(2)15-32-25(30)20-10-12-22(13-11-20)27-24(29)16-33-26(31)21-6-5-7-23(14-21)28-18(3)8-9-19(28)4/h5-14,17H,15-16H2,1-4H3,(H,27,29). The van der Waals surface area contributed by atoms with Crippen molar-refractivity contribution in [2.75, 3.05) is 18.5 Å². The summed E-state index contributed by atoms with van der Waals surface area (Å²) in [5.41, 5.74) is 4.19. The van der Waals surface area contributed by atoms with E-state index >= 15 is 0 Å². The second-order valence-electron chi connectivity index (χ2n) is 8.20. The Morgan fingerprint density at radius 1 is 0.848 bits per heavy atom. The van der Waals surface area contributed by atoms with Crippen LogP contribution in [0.2, 0.25) is 0 Å². The van der Waals surface area contributed by atoms with E-state index in [4.69, 9.17) is 9.47 Å². The largest absolute Gasteiger partial charge is 0.462 e. The maximum absolute atomic E-state index is 12.5.